The van der Waals surface area contributed by atoms with E-state index in [0.717, 1.165) is 35.7 Å². The first-order chi connectivity index (χ1) is 16.9. The molecule has 0 spiro atoms. The summed E-state index contributed by atoms with van der Waals surface area (Å²) in [6.45, 7) is 6.17. The van der Waals surface area contributed by atoms with Crippen molar-refractivity contribution >= 4 is 11.6 Å². The monoisotopic (exact) mass is 497 g/mol. The lowest BCUT2D eigenvalue weighted by Gasteiger charge is -2.25. The number of methoxy groups -OCH3 is 1. The Hall–Kier alpha value is -3.02. The molecule has 0 unspecified atom stereocenters. The van der Waals surface area contributed by atoms with E-state index in [9.17, 15) is 5.11 Å². The molecular weight excluding hydrogens is 466 g/mol. The first-order valence-corrected chi connectivity index (χ1v) is 11.9. The van der Waals surface area contributed by atoms with E-state index in [1.54, 1.807) is 11.8 Å². The van der Waals surface area contributed by atoms with E-state index in [1.165, 1.54) is 0 Å². The fourth-order valence-electron chi connectivity index (χ4n) is 3.74. The number of ether oxygens (including phenoxy) is 3. The zero-order valence-corrected chi connectivity index (χ0v) is 21.2. The molecule has 1 N–H and O–H groups in total. The van der Waals surface area contributed by atoms with Crippen LogP contribution in [0.4, 0.5) is 0 Å². The van der Waals surface area contributed by atoms with Gasteiger partial charge in [0.25, 0.3) is 0 Å². The lowest BCUT2D eigenvalue weighted by Crippen LogP contribution is -2.35. The van der Waals surface area contributed by atoms with Gasteiger partial charge in [-0.2, -0.15) is 5.10 Å². The molecule has 186 valence electrons. The van der Waals surface area contributed by atoms with E-state index in [2.05, 4.69) is 17.7 Å². The molecule has 1 atom stereocenters. The third kappa shape index (κ3) is 7.48. The van der Waals surface area contributed by atoms with Gasteiger partial charge in [0, 0.05) is 18.1 Å². The number of aromatic nitrogens is 2. The van der Waals surface area contributed by atoms with Crippen LogP contribution < -0.4 is 9.47 Å². The van der Waals surface area contributed by atoms with E-state index >= 15 is 0 Å². The van der Waals surface area contributed by atoms with Crippen molar-refractivity contribution in [2.45, 2.75) is 32.9 Å². The van der Waals surface area contributed by atoms with Crippen LogP contribution in [0.15, 0.2) is 48.5 Å². The maximum Gasteiger partial charge on any atom is 0.227 e. The van der Waals surface area contributed by atoms with Gasteiger partial charge in [0.05, 0.1) is 36.8 Å². The maximum atomic E-state index is 10.5. The molecule has 0 saturated carbocycles. The molecule has 0 amide bonds. The number of aliphatic hydroxyl groups excluding tert-OH is 1. The van der Waals surface area contributed by atoms with Crippen molar-refractivity contribution in [1.82, 2.24) is 14.7 Å². The summed E-state index contributed by atoms with van der Waals surface area (Å²) in [7, 11) is 1.62. The van der Waals surface area contributed by atoms with Crippen molar-refractivity contribution in [1.29, 1.82) is 0 Å². The molecule has 3 rings (SSSR count). The Morgan fingerprint density at radius 1 is 1.20 bits per heavy atom. The maximum absolute atomic E-state index is 10.5. The summed E-state index contributed by atoms with van der Waals surface area (Å²) in [4.78, 5) is 2.16. The molecule has 0 fully saturated rings. The Bertz CT molecular complexity index is 1120. The van der Waals surface area contributed by atoms with Gasteiger partial charge < -0.3 is 19.3 Å². The van der Waals surface area contributed by atoms with Crippen LogP contribution in [-0.2, 0) is 11.3 Å². The van der Waals surface area contributed by atoms with Gasteiger partial charge in [-0.25, -0.2) is 4.68 Å². The van der Waals surface area contributed by atoms with Gasteiger partial charge in [0.2, 0.25) is 5.88 Å². The topological polar surface area (TPSA) is 69.0 Å². The Balaban J connectivity index is 1.94. The second kappa shape index (κ2) is 13.2. The van der Waals surface area contributed by atoms with Gasteiger partial charge in [-0.3, -0.25) is 4.90 Å². The van der Waals surface area contributed by atoms with Crippen molar-refractivity contribution in [2.24, 2.45) is 0 Å². The number of terminal acetylenes is 1. The highest BCUT2D eigenvalue weighted by atomic mass is 35.5. The number of rotatable bonds is 13. The second-order valence-electron chi connectivity index (χ2n) is 8.15. The zero-order chi connectivity index (χ0) is 25.2. The Morgan fingerprint density at radius 2 is 1.94 bits per heavy atom. The number of aliphatic hydroxyl groups is 1. The third-order valence-corrected chi connectivity index (χ3v) is 5.59. The largest absolute Gasteiger partial charge is 0.497 e. The molecule has 7 nitrogen and oxygen atoms in total. The molecule has 2 aromatic carbocycles. The highest BCUT2D eigenvalue weighted by molar-refractivity contribution is 6.30. The van der Waals surface area contributed by atoms with Crippen LogP contribution in [-0.4, -0.2) is 59.3 Å². The Kier molecular flexibility index (Phi) is 10.0. The van der Waals surface area contributed by atoms with Crippen LogP contribution in [0.25, 0.3) is 5.69 Å². The van der Waals surface area contributed by atoms with Crippen LogP contribution in [0.1, 0.15) is 24.6 Å². The highest BCUT2D eigenvalue weighted by Gasteiger charge is 2.22. The molecule has 0 aliphatic rings. The number of halogens is 1. The average molecular weight is 498 g/mol. The molecule has 0 bridgehead atoms. The van der Waals surface area contributed by atoms with Crippen LogP contribution in [0.3, 0.4) is 0 Å². The van der Waals surface area contributed by atoms with E-state index in [1.807, 2.05) is 55.5 Å². The minimum atomic E-state index is -0.663. The molecule has 0 aliphatic carbocycles. The number of benzene rings is 2. The number of aryl methyl sites for hydroxylation is 1. The Morgan fingerprint density at radius 3 is 2.60 bits per heavy atom. The molecular formula is C27H32ClN3O4. The van der Waals surface area contributed by atoms with E-state index in [-0.39, 0.29) is 13.2 Å². The summed E-state index contributed by atoms with van der Waals surface area (Å²) < 4.78 is 18.7. The molecule has 35 heavy (non-hydrogen) atoms. The standard InChI is InChI=1S/C27H32ClN3O4/c1-5-14-30(17-23(32)19-34-15-6-2)18-26-20(3)29-31(22-9-7-8-21(28)16-22)27(26)35-25-12-10-24(33-4)11-13-25/h2,7-13,16,23,32H,5,14-15,17-19H2,1,3-4H3/t23-/m1/s1. The molecule has 8 heteroatoms. The van der Waals surface area contributed by atoms with Gasteiger partial charge in [0.1, 0.15) is 18.1 Å². The first kappa shape index (κ1) is 26.6. The molecule has 1 aromatic heterocycles. The van der Waals surface area contributed by atoms with E-state index < -0.39 is 6.10 Å². The second-order valence-corrected chi connectivity index (χ2v) is 8.58. The van der Waals surface area contributed by atoms with Crippen molar-refractivity contribution in [3.8, 4) is 35.4 Å². The molecule has 0 saturated heterocycles. The van der Waals surface area contributed by atoms with Crippen LogP contribution in [0.2, 0.25) is 5.02 Å². The number of nitrogens with zero attached hydrogens (tertiary/aromatic N) is 3. The van der Waals surface area contributed by atoms with Gasteiger partial charge in [-0.1, -0.05) is 30.5 Å². The fraction of sp³-hybridized carbons (Fsp3) is 0.370. The molecule has 1 heterocycles. The Labute approximate surface area is 212 Å². The third-order valence-electron chi connectivity index (χ3n) is 5.35. The average Bonchev–Trinajstić information content (AvgIpc) is 3.14. The summed E-state index contributed by atoms with van der Waals surface area (Å²) in [6.07, 6.45) is 5.49. The van der Waals surface area contributed by atoms with Gasteiger partial charge in [-0.15, -0.1) is 6.42 Å². The van der Waals surface area contributed by atoms with Crippen LogP contribution >= 0.6 is 11.6 Å². The predicted octanol–water partition coefficient (Wildman–Crippen LogP) is 4.86. The molecule has 3 aromatic rings. The lowest BCUT2D eigenvalue weighted by molar-refractivity contribution is 0.0259. The van der Waals surface area contributed by atoms with Crippen molar-refractivity contribution in [2.75, 3.05) is 33.4 Å². The summed E-state index contributed by atoms with van der Waals surface area (Å²) in [5.74, 6) is 4.40. The summed E-state index contributed by atoms with van der Waals surface area (Å²) in [6, 6.07) is 14.9. The van der Waals surface area contributed by atoms with E-state index in [4.69, 9.17) is 37.3 Å². The minimum absolute atomic E-state index is 0.177. The summed E-state index contributed by atoms with van der Waals surface area (Å²) >= 11 is 6.27. The summed E-state index contributed by atoms with van der Waals surface area (Å²) in [5, 5.41) is 15.9. The summed E-state index contributed by atoms with van der Waals surface area (Å²) in [5.41, 5.74) is 2.54. The predicted molar refractivity (Wildman–Crippen MR) is 138 cm³/mol. The van der Waals surface area contributed by atoms with Gasteiger partial charge in [0.15, 0.2) is 0 Å². The normalized spacial score (nSPS) is 11.9. The fourth-order valence-corrected chi connectivity index (χ4v) is 3.93. The van der Waals surface area contributed by atoms with Gasteiger partial charge >= 0.3 is 0 Å². The lowest BCUT2D eigenvalue weighted by atomic mass is 10.2. The van der Waals surface area contributed by atoms with Crippen molar-refractivity contribution in [3.05, 3.63) is 64.8 Å². The highest BCUT2D eigenvalue weighted by Crippen LogP contribution is 2.33. The minimum Gasteiger partial charge on any atom is -0.497 e. The van der Waals surface area contributed by atoms with Crippen LogP contribution in [0, 0.1) is 19.3 Å². The SMILES string of the molecule is C#CCOC[C@H](O)CN(CCC)Cc1c(C)nn(-c2cccc(Cl)c2)c1Oc1ccc(OC)cc1. The van der Waals surface area contributed by atoms with E-state index in [0.29, 0.717) is 29.7 Å². The van der Waals surface area contributed by atoms with Crippen molar-refractivity contribution in [3.63, 3.8) is 0 Å². The van der Waals surface area contributed by atoms with Gasteiger partial charge in [-0.05, 0) is 62.4 Å². The zero-order valence-electron chi connectivity index (χ0n) is 20.4. The van der Waals surface area contributed by atoms with Crippen LogP contribution in [0.5, 0.6) is 17.4 Å². The number of hydrogen-bond acceptors (Lipinski definition) is 6. The first-order valence-electron chi connectivity index (χ1n) is 11.5. The quantitative estimate of drug-likeness (QED) is 0.269. The number of hydrogen-bond donors (Lipinski definition) is 1. The smallest absolute Gasteiger partial charge is 0.227 e. The van der Waals surface area contributed by atoms with Crippen molar-refractivity contribution < 1.29 is 19.3 Å². The molecule has 0 radical (unpaired) electrons. The molecule has 0 aliphatic heterocycles.